The highest BCUT2D eigenvalue weighted by Crippen LogP contribution is 2.26. The van der Waals surface area contributed by atoms with E-state index < -0.39 is 16.4 Å². The predicted molar refractivity (Wildman–Crippen MR) is 44.2 cm³/mol. The zero-order chi connectivity index (χ0) is 10.7. The first-order valence-corrected chi connectivity index (χ1v) is 3.41. The minimum absolute atomic E-state index is 0.282. The molecule has 0 radical (unpaired) electrons. The SMILES string of the molecule is N#Cc1cc([N+](=O)[O-])cc(C#N)c1O. The summed E-state index contributed by atoms with van der Waals surface area (Å²) in [7, 11) is 0. The normalized spacial score (nSPS) is 8.71. The highest BCUT2D eigenvalue weighted by molar-refractivity contribution is 5.58. The Morgan fingerprint density at radius 3 is 2.00 bits per heavy atom. The summed E-state index contributed by atoms with van der Waals surface area (Å²) in [4.78, 5) is 9.62. The number of phenols is 1. The molecule has 0 fully saturated rings. The minimum atomic E-state index is -0.735. The van der Waals surface area contributed by atoms with Crippen molar-refractivity contribution in [3.63, 3.8) is 0 Å². The van der Waals surface area contributed by atoms with E-state index >= 15 is 0 Å². The number of benzene rings is 1. The van der Waals surface area contributed by atoms with E-state index in [1.807, 2.05) is 0 Å². The molecule has 1 N–H and O–H groups in total. The average Bonchev–Trinajstić information content (AvgIpc) is 2.17. The van der Waals surface area contributed by atoms with Gasteiger partial charge in [-0.25, -0.2) is 0 Å². The largest absolute Gasteiger partial charge is 0.505 e. The molecule has 0 aliphatic rings. The lowest BCUT2D eigenvalue weighted by Gasteiger charge is -1.98. The number of hydrogen-bond acceptors (Lipinski definition) is 5. The Kier molecular flexibility index (Phi) is 2.32. The fourth-order valence-corrected chi connectivity index (χ4v) is 0.895. The second-order valence-electron chi connectivity index (χ2n) is 2.37. The van der Waals surface area contributed by atoms with Gasteiger partial charge in [0.1, 0.15) is 23.3 Å². The second-order valence-corrected chi connectivity index (χ2v) is 2.37. The molecule has 0 amide bonds. The lowest BCUT2D eigenvalue weighted by Crippen LogP contribution is -1.91. The van der Waals surface area contributed by atoms with E-state index in [1.54, 1.807) is 12.1 Å². The van der Waals surface area contributed by atoms with E-state index in [0.717, 1.165) is 12.1 Å². The molecule has 0 saturated heterocycles. The Hall–Kier alpha value is -2.60. The van der Waals surface area contributed by atoms with Crippen molar-refractivity contribution < 1.29 is 10.0 Å². The fraction of sp³-hybridized carbons (Fsp3) is 0. The number of nitro benzene ring substituents is 1. The van der Waals surface area contributed by atoms with Crippen LogP contribution >= 0.6 is 0 Å². The maximum Gasteiger partial charge on any atom is 0.272 e. The van der Waals surface area contributed by atoms with Crippen LogP contribution in [-0.4, -0.2) is 10.0 Å². The third-order valence-corrected chi connectivity index (χ3v) is 1.55. The summed E-state index contributed by atoms with van der Waals surface area (Å²) < 4.78 is 0. The van der Waals surface area contributed by atoms with E-state index in [4.69, 9.17) is 10.5 Å². The molecule has 0 aromatic heterocycles. The maximum atomic E-state index is 10.4. The van der Waals surface area contributed by atoms with Crippen LogP contribution in [0.4, 0.5) is 5.69 Å². The molecule has 0 aliphatic carbocycles. The van der Waals surface area contributed by atoms with Crippen LogP contribution in [0, 0.1) is 32.8 Å². The van der Waals surface area contributed by atoms with E-state index in [2.05, 4.69) is 0 Å². The van der Waals surface area contributed by atoms with Crippen molar-refractivity contribution in [1.82, 2.24) is 0 Å². The zero-order valence-electron chi connectivity index (χ0n) is 6.76. The van der Waals surface area contributed by atoms with Crippen molar-refractivity contribution in [2.24, 2.45) is 0 Å². The van der Waals surface area contributed by atoms with Gasteiger partial charge in [-0.1, -0.05) is 0 Å². The molecule has 1 rings (SSSR count). The molecule has 0 spiro atoms. The van der Waals surface area contributed by atoms with Crippen LogP contribution in [0.1, 0.15) is 11.1 Å². The summed E-state index contributed by atoms with van der Waals surface area (Å²) in [6.07, 6.45) is 0. The van der Waals surface area contributed by atoms with E-state index in [1.165, 1.54) is 0 Å². The van der Waals surface area contributed by atoms with Gasteiger partial charge in [0.25, 0.3) is 5.69 Å². The molecule has 0 atom stereocenters. The van der Waals surface area contributed by atoms with Crippen molar-refractivity contribution in [1.29, 1.82) is 10.5 Å². The van der Waals surface area contributed by atoms with Gasteiger partial charge in [0.05, 0.1) is 4.92 Å². The third-order valence-electron chi connectivity index (χ3n) is 1.55. The summed E-state index contributed by atoms with van der Waals surface area (Å²) in [5.41, 5.74) is -0.956. The Labute approximate surface area is 78.4 Å². The van der Waals surface area contributed by atoms with E-state index in [0.29, 0.717) is 0 Å². The van der Waals surface area contributed by atoms with Gasteiger partial charge in [0, 0.05) is 12.1 Å². The smallest absolute Gasteiger partial charge is 0.272 e. The number of nitro groups is 1. The van der Waals surface area contributed by atoms with Gasteiger partial charge in [0.15, 0.2) is 5.75 Å². The van der Waals surface area contributed by atoms with Gasteiger partial charge in [-0.15, -0.1) is 0 Å². The lowest BCUT2D eigenvalue weighted by molar-refractivity contribution is -0.384. The van der Waals surface area contributed by atoms with E-state index in [-0.39, 0.29) is 11.1 Å². The minimum Gasteiger partial charge on any atom is -0.505 e. The molecule has 0 bridgehead atoms. The Morgan fingerprint density at radius 2 is 1.71 bits per heavy atom. The van der Waals surface area contributed by atoms with Crippen molar-refractivity contribution in [2.75, 3.05) is 0 Å². The molecular formula is C8H3N3O3. The third kappa shape index (κ3) is 1.45. The molecule has 0 aliphatic heterocycles. The van der Waals surface area contributed by atoms with Gasteiger partial charge in [-0.05, 0) is 0 Å². The number of nitriles is 2. The average molecular weight is 189 g/mol. The summed E-state index contributed by atoms with van der Waals surface area (Å²) >= 11 is 0. The molecule has 1 aromatic carbocycles. The number of phenolic OH excluding ortho intramolecular Hbond substituents is 1. The maximum absolute atomic E-state index is 10.4. The molecule has 6 nitrogen and oxygen atoms in total. The number of non-ortho nitro benzene ring substituents is 1. The molecular weight excluding hydrogens is 186 g/mol. The molecule has 0 heterocycles. The quantitative estimate of drug-likeness (QED) is 0.524. The van der Waals surface area contributed by atoms with Crippen LogP contribution in [0.25, 0.3) is 0 Å². The highest BCUT2D eigenvalue weighted by Gasteiger charge is 2.15. The molecule has 0 unspecified atom stereocenters. The van der Waals surface area contributed by atoms with Gasteiger partial charge >= 0.3 is 0 Å². The summed E-state index contributed by atoms with van der Waals surface area (Å²) in [6.45, 7) is 0. The lowest BCUT2D eigenvalue weighted by atomic mass is 10.1. The first-order chi connectivity index (χ1) is 6.60. The van der Waals surface area contributed by atoms with Crippen LogP contribution in [0.2, 0.25) is 0 Å². The predicted octanol–water partition coefficient (Wildman–Crippen LogP) is 1.04. The Balaban J connectivity index is 3.51. The number of rotatable bonds is 1. The molecule has 0 saturated carbocycles. The van der Waals surface area contributed by atoms with Gasteiger partial charge in [-0.3, -0.25) is 10.1 Å². The molecule has 6 heteroatoms. The topological polar surface area (TPSA) is 111 Å². The Morgan fingerprint density at radius 1 is 1.29 bits per heavy atom. The van der Waals surface area contributed by atoms with Crippen LogP contribution in [0.5, 0.6) is 5.75 Å². The Bertz CT molecular complexity index is 447. The van der Waals surface area contributed by atoms with Gasteiger partial charge < -0.3 is 5.11 Å². The second kappa shape index (κ2) is 3.42. The first kappa shape index (κ1) is 9.49. The monoisotopic (exact) mass is 189 g/mol. The van der Waals surface area contributed by atoms with Crippen LogP contribution < -0.4 is 0 Å². The number of aromatic hydroxyl groups is 1. The molecule has 1 aromatic rings. The fourth-order valence-electron chi connectivity index (χ4n) is 0.895. The van der Waals surface area contributed by atoms with Crippen LogP contribution in [0.15, 0.2) is 12.1 Å². The highest BCUT2D eigenvalue weighted by atomic mass is 16.6. The first-order valence-electron chi connectivity index (χ1n) is 3.41. The molecule has 14 heavy (non-hydrogen) atoms. The van der Waals surface area contributed by atoms with Crippen molar-refractivity contribution in [3.05, 3.63) is 33.4 Å². The molecule has 68 valence electrons. The van der Waals surface area contributed by atoms with E-state index in [9.17, 15) is 15.2 Å². The summed E-state index contributed by atoms with van der Waals surface area (Å²) in [6, 6.07) is 4.95. The zero-order valence-corrected chi connectivity index (χ0v) is 6.76. The van der Waals surface area contributed by atoms with Crippen molar-refractivity contribution in [2.45, 2.75) is 0 Å². The van der Waals surface area contributed by atoms with Crippen molar-refractivity contribution in [3.8, 4) is 17.9 Å². The van der Waals surface area contributed by atoms with Crippen molar-refractivity contribution >= 4 is 5.69 Å². The summed E-state index contributed by atoms with van der Waals surface area (Å²) in [5.74, 6) is -0.527. The van der Waals surface area contributed by atoms with Crippen LogP contribution in [0.3, 0.4) is 0 Å². The standard InChI is InChI=1S/C8H3N3O3/c9-3-5-1-7(11(13)14)2-6(4-10)8(5)12/h1-2,12H. The van der Waals surface area contributed by atoms with Gasteiger partial charge in [-0.2, -0.15) is 10.5 Å². The van der Waals surface area contributed by atoms with Crippen LogP contribution in [-0.2, 0) is 0 Å². The van der Waals surface area contributed by atoms with Gasteiger partial charge in [0.2, 0.25) is 0 Å². The summed E-state index contributed by atoms with van der Waals surface area (Å²) in [5, 5.41) is 36.6. The number of nitrogens with zero attached hydrogens (tertiary/aromatic N) is 3. The number of hydrogen-bond donors (Lipinski definition) is 1.